The Morgan fingerprint density at radius 1 is 1.00 bits per heavy atom. The van der Waals surface area contributed by atoms with Crippen molar-refractivity contribution in [1.82, 2.24) is 24.4 Å². The monoisotopic (exact) mass is 764 g/mol. The van der Waals surface area contributed by atoms with Gasteiger partial charge in [-0.3, -0.25) is 4.98 Å². The number of carbonyl (C=O) groups is 2. The number of hydrogen-bond acceptors (Lipinski definition) is 12. The fraction of sp³-hybridized carbons (Fsp3) is 0.487. The second kappa shape index (κ2) is 14.7. The van der Waals surface area contributed by atoms with Crippen molar-refractivity contribution in [1.29, 1.82) is 0 Å². The molecule has 55 heavy (non-hydrogen) atoms. The Morgan fingerprint density at radius 2 is 1.71 bits per heavy atom. The van der Waals surface area contributed by atoms with E-state index in [-0.39, 0.29) is 65.0 Å². The molecule has 2 bridgehead atoms. The second-order valence-electron chi connectivity index (χ2n) is 16.0. The van der Waals surface area contributed by atoms with Gasteiger partial charge in [0.25, 0.3) is 0 Å². The van der Waals surface area contributed by atoms with Crippen molar-refractivity contribution in [2.75, 3.05) is 31.1 Å². The Labute approximate surface area is 317 Å². The van der Waals surface area contributed by atoms with Gasteiger partial charge in [-0.1, -0.05) is 19.9 Å². The normalized spacial score (nSPS) is 18.9. The molecule has 14 nitrogen and oxygen atoms in total. The first-order valence-electron chi connectivity index (χ1n) is 18.1. The van der Waals surface area contributed by atoms with Crippen molar-refractivity contribution in [3.05, 3.63) is 69.9 Å². The van der Waals surface area contributed by atoms with E-state index >= 15 is 8.78 Å². The maximum Gasteiger partial charge on any atom is 0.509 e. The summed E-state index contributed by atoms with van der Waals surface area (Å²) >= 11 is 0. The van der Waals surface area contributed by atoms with Gasteiger partial charge in [-0.15, -0.1) is 0 Å². The molecule has 2 unspecified atom stereocenters. The molecular formula is C39H46F2N6O8. The van der Waals surface area contributed by atoms with E-state index < -0.39 is 71.3 Å². The van der Waals surface area contributed by atoms with E-state index in [1.165, 1.54) is 24.4 Å². The number of aliphatic hydroxyl groups is 1. The van der Waals surface area contributed by atoms with Crippen LogP contribution in [-0.2, 0) is 14.2 Å². The summed E-state index contributed by atoms with van der Waals surface area (Å²) in [5.41, 5.74) is -2.94. The third-order valence-electron chi connectivity index (χ3n) is 9.00. The van der Waals surface area contributed by atoms with E-state index in [4.69, 9.17) is 18.9 Å². The van der Waals surface area contributed by atoms with Crippen LogP contribution < -0.4 is 15.3 Å². The predicted octanol–water partition coefficient (Wildman–Crippen LogP) is 6.44. The average molecular weight is 765 g/mol. The minimum atomic E-state index is -1.62. The van der Waals surface area contributed by atoms with E-state index in [1.54, 1.807) is 51.3 Å². The lowest BCUT2D eigenvalue weighted by atomic mass is 9.97. The largest absolute Gasteiger partial charge is 0.509 e. The number of pyridine rings is 2. The molecule has 0 aliphatic carbocycles. The summed E-state index contributed by atoms with van der Waals surface area (Å²) < 4.78 is 56.2. The number of halogens is 2. The first-order chi connectivity index (χ1) is 25.7. The minimum absolute atomic E-state index is 0.0707. The van der Waals surface area contributed by atoms with Gasteiger partial charge in [0, 0.05) is 37.4 Å². The van der Waals surface area contributed by atoms with Gasteiger partial charge in [-0.05, 0) is 78.6 Å². The summed E-state index contributed by atoms with van der Waals surface area (Å²) in [6.07, 6.45) is -3.31. The topological polar surface area (TPSA) is 158 Å². The summed E-state index contributed by atoms with van der Waals surface area (Å²) in [5.74, 6) is -2.25. The van der Waals surface area contributed by atoms with E-state index in [2.05, 4.69) is 15.0 Å². The molecule has 3 aromatic heterocycles. The molecule has 4 aromatic rings. The number of hydrogen-bond donors (Lipinski definition) is 1. The lowest BCUT2D eigenvalue weighted by Crippen LogP contribution is -2.55. The van der Waals surface area contributed by atoms with Gasteiger partial charge in [0.1, 0.15) is 47.0 Å². The molecule has 1 saturated heterocycles. The number of carbonyl (C=O) groups excluding carboxylic acids is 2. The number of nitrogens with zero attached hydrogens (tertiary/aromatic N) is 6. The molecule has 1 aromatic carbocycles. The average Bonchev–Trinajstić information content (AvgIpc) is 3.07. The van der Waals surface area contributed by atoms with E-state index in [1.807, 2.05) is 20.8 Å². The summed E-state index contributed by atoms with van der Waals surface area (Å²) in [6, 6.07) is 6.04. The molecule has 294 valence electrons. The van der Waals surface area contributed by atoms with E-state index in [0.717, 1.165) is 16.7 Å². The molecule has 0 saturated carbocycles. The van der Waals surface area contributed by atoms with Crippen LogP contribution in [0.15, 0.2) is 41.3 Å². The SMILES string of the molecule is CC(C)c1nccc2c1-n1c(=O)nc(N3CCN(C(=O)OC(C)(C)C)C[C@@H]3C)c3cc(F)c(nc31)-c1c(F)cccc1OCC(O)C2OC(=O)OC(C)(C)C. The molecule has 2 aliphatic rings. The van der Waals surface area contributed by atoms with Crippen molar-refractivity contribution >= 4 is 29.1 Å². The van der Waals surface area contributed by atoms with Gasteiger partial charge in [0.2, 0.25) is 0 Å². The summed E-state index contributed by atoms with van der Waals surface area (Å²) in [5, 5.41) is 11.8. The second-order valence-corrected chi connectivity index (χ2v) is 16.0. The Balaban J connectivity index is 1.64. The highest BCUT2D eigenvalue weighted by molar-refractivity contribution is 5.91. The number of fused-ring (bicyclic) bond motifs is 5. The van der Waals surface area contributed by atoms with Crippen LogP contribution in [0.5, 0.6) is 5.75 Å². The van der Waals surface area contributed by atoms with Gasteiger partial charge in [0.05, 0.1) is 22.3 Å². The number of anilines is 1. The van der Waals surface area contributed by atoms with Crippen LogP contribution in [-0.4, -0.2) is 91.4 Å². The zero-order valence-electron chi connectivity index (χ0n) is 32.3. The molecule has 1 fully saturated rings. The Bertz CT molecular complexity index is 2200. The Hall–Kier alpha value is -5.38. The predicted molar refractivity (Wildman–Crippen MR) is 199 cm³/mol. The molecule has 2 aliphatic heterocycles. The zero-order valence-corrected chi connectivity index (χ0v) is 32.3. The summed E-state index contributed by atoms with van der Waals surface area (Å²) in [7, 11) is 0. The first-order valence-corrected chi connectivity index (χ1v) is 18.1. The Morgan fingerprint density at radius 3 is 2.36 bits per heavy atom. The number of ether oxygens (including phenoxy) is 4. The highest BCUT2D eigenvalue weighted by atomic mass is 19.1. The van der Waals surface area contributed by atoms with Gasteiger partial charge < -0.3 is 33.9 Å². The van der Waals surface area contributed by atoms with Crippen LogP contribution in [0.25, 0.3) is 28.0 Å². The maximum atomic E-state index is 16.5. The standard InChI is InChI=1S/C39H46F2N6O8/c1-20(2)29-31-22(13-14-42-29)32(53-37(51)55-39(7,8)9)26(48)19-52-27-12-10-11-24(40)28(27)30-25(41)17-23-33(44-35(49)47(31)34(23)43-30)46-16-15-45(18-21(46)3)36(50)54-38(4,5)6/h10-14,17,20-21,26,32,48H,15-16,18-19H2,1-9H3/t21-,26?,32?/m0/s1. The third kappa shape index (κ3) is 8.04. The van der Waals surface area contributed by atoms with Gasteiger partial charge in [-0.2, -0.15) is 4.98 Å². The van der Waals surface area contributed by atoms with Crippen molar-refractivity contribution in [3.63, 3.8) is 0 Å². The molecule has 5 heterocycles. The molecule has 0 radical (unpaired) electrons. The van der Waals surface area contributed by atoms with E-state index in [0.29, 0.717) is 5.69 Å². The number of amides is 1. The van der Waals surface area contributed by atoms with Crippen LogP contribution in [0.3, 0.4) is 0 Å². The van der Waals surface area contributed by atoms with Crippen LogP contribution in [0.1, 0.15) is 85.6 Å². The number of benzene rings is 1. The molecule has 0 spiro atoms. The van der Waals surface area contributed by atoms with Gasteiger partial charge in [-0.25, -0.2) is 32.7 Å². The fourth-order valence-electron chi connectivity index (χ4n) is 6.69. The molecule has 1 N–H and O–H groups in total. The van der Waals surface area contributed by atoms with Crippen LogP contribution in [0.4, 0.5) is 24.2 Å². The van der Waals surface area contributed by atoms with Crippen LogP contribution >= 0.6 is 0 Å². The van der Waals surface area contributed by atoms with Gasteiger partial charge >= 0.3 is 17.9 Å². The highest BCUT2D eigenvalue weighted by Gasteiger charge is 2.37. The highest BCUT2D eigenvalue weighted by Crippen LogP contribution is 2.40. The number of aliphatic hydroxyl groups excluding tert-OH is 1. The fourth-order valence-corrected chi connectivity index (χ4v) is 6.69. The molecule has 3 atom stereocenters. The third-order valence-corrected chi connectivity index (χ3v) is 9.00. The maximum absolute atomic E-state index is 16.5. The van der Waals surface area contributed by atoms with Crippen molar-refractivity contribution in [2.45, 2.75) is 97.7 Å². The summed E-state index contributed by atoms with van der Waals surface area (Å²) in [4.78, 5) is 57.9. The van der Waals surface area contributed by atoms with Crippen molar-refractivity contribution in [2.24, 2.45) is 0 Å². The lowest BCUT2D eigenvalue weighted by Gasteiger charge is -2.41. The van der Waals surface area contributed by atoms with E-state index in [9.17, 15) is 19.5 Å². The zero-order chi connectivity index (χ0) is 40.1. The number of rotatable bonds is 3. The number of piperazine rings is 1. The smallest absolute Gasteiger partial charge is 0.490 e. The number of aromatic nitrogens is 4. The Kier molecular flexibility index (Phi) is 10.5. The molecular weight excluding hydrogens is 718 g/mol. The summed E-state index contributed by atoms with van der Waals surface area (Å²) in [6.45, 7) is 15.8. The lowest BCUT2D eigenvalue weighted by molar-refractivity contribution is -0.0693. The molecule has 6 rings (SSSR count). The molecule has 1 amide bonds. The first kappa shape index (κ1) is 39.3. The quantitative estimate of drug-likeness (QED) is 0.228. The van der Waals surface area contributed by atoms with Crippen LogP contribution in [0.2, 0.25) is 0 Å². The minimum Gasteiger partial charge on any atom is -0.490 e. The van der Waals surface area contributed by atoms with Crippen molar-refractivity contribution in [3.8, 4) is 22.7 Å². The molecule has 16 heteroatoms. The van der Waals surface area contributed by atoms with Gasteiger partial charge in [0.15, 0.2) is 17.6 Å². The van der Waals surface area contributed by atoms with Crippen molar-refractivity contribution < 1.29 is 42.4 Å². The van der Waals surface area contributed by atoms with Crippen LogP contribution in [0, 0.1) is 11.6 Å².